The molecule has 1 aromatic carbocycles. The second-order valence-corrected chi connectivity index (χ2v) is 7.21. The monoisotopic (exact) mass is 392 g/mol. The number of rotatable bonds is 8. The van der Waals surface area contributed by atoms with E-state index >= 15 is 0 Å². The highest BCUT2D eigenvalue weighted by atomic mass is 16.2. The fourth-order valence-electron chi connectivity index (χ4n) is 3.53. The van der Waals surface area contributed by atoms with Crippen molar-refractivity contribution in [2.45, 2.75) is 44.9 Å². The van der Waals surface area contributed by atoms with Gasteiger partial charge in [-0.2, -0.15) is 10.4 Å². The molecule has 152 valence electrons. The van der Waals surface area contributed by atoms with Gasteiger partial charge in [0.05, 0.1) is 11.4 Å². The smallest absolute Gasteiger partial charge is 0.314 e. The number of hydrogen-bond acceptors (Lipinski definition) is 4. The van der Waals surface area contributed by atoms with E-state index < -0.39 is 0 Å². The summed E-state index contributed by atoms with van der Waals surface area (Å²) in [5.74, 6) is 0.344. The summed E-state index contributed by atoms with van der Waals surface area (Å²) in [6.07, 6.45) is 9.33. The molecular formula is C22H28N6O. The lowest BCUT2D eigenvalue weighted by molar-refractivity contribution is 0.241. The zero-order chi connectivity index (χ0) is 20.5. The number of allylic oxidation sites excluding steroid dienone is 1. The lowest BCUT2D eigenvalue weighted by Crippen LogP contribution is -2.36. The normalized spacial score (nSPS) is 13.4. The maximum atomic E-state index is 11.9. The minimum absolute atomic E-state index is 0.156. The lowest BCUT2D eigenvalue weighted by atomic mass is 9.97. The molecule has 0 unspecified atom stereocenters. The summed E-state index contributed by atoms with van der Waals surface area (Å²) in [5, 5.41) is 19.7. The Morgan fingerprint density at radius 1 is 1.17 bits per heavy atom. The van der Waals surface area contributed by atoms with Gasteiger partial charge in [-0.05, 0) is 57.1 Å². The molecule has 1 aliphatic rings. The average Bonchev–Trinajstić information content (AvgIpc) is 3.08. The molecule has 2 aromatic rings. The molecule has 0 bridgehead atoms. The van der Waals surface area contributed by atoms with Crippen LogP contribution in [0.3, 0.4) is 0 Å². The standard InChI is InChI=1S/C22H28N6O/c23-16-19-20(27-28(21(19)24)18-10-5-2-6-11-18)12-7-14-25-22(29)26-15-13-17-8-3-1-4-9-17/h2,5-6,8,10-11H,1,3-4,7,9,12-15,24H2,(H2,25,26,29). The number of benzene rings is 1. The molecule has 29 heavy (non-hydrogen) atoms. The van der Waals surface area contributed by atoms with E-state index in [0.29, 0.717) is 43.0 Å². The number of hydrogen-bond donors (Lipinski definition) is 3. The minimum Gasteiger partial charge on any atom is -0.382 e. The van der Waals surface area contributed by atoms with Crippen LogP contribution in [0.2, 0.25) is 0 Å². The topological polar surface area (TPSA) is 109 Å². The molecule has 0 saturated carbocycles. The van der Waals surface area contributed by atoms with Crippen LogP contribution in [0.1, 0.15) is 49.8 Å². The lowest BCUT2D eigenvalue weighted by Gasteiger charge is -2.13. The quantitative estimate of drug-likeness (QED) is 0.472. The molecule has 7 heteroatoms. The van der Waals surface area contributed by atoms with Crippen LogP contribution in [0.5, 0.6) is 0 Å². The Labute approximate surface area is 171 Å². The van der Waals surface area contributed by atoms with Gasteiger partial charge in [0.1, 0.15) is 17.5 Å². The van der Waals surface area contributed by atoms with Gasteiger partial charge < -0.3 is 16.4 Å². The van der Waals surface area contributed by atoms with Gasteiger partial charge in [-0.15, -0.1) is 0 Å². The molecule has 0 aliphatic heterocycles. The van der Waals surface area contributed by atoms with Crippen LogP contribution in [0.4, 0.5) is 10.6 Å². The molecule has 2 amide bonds. The van der Waals surface area contributed by atoms with E-state index in [0.717, 1.165) is 24.9 Å². The highest BCUT2D eigenvalue weighted by molar-refractivity contribution is 5.73. The Kier molecular flexibility index (Phi) is 7.28. The van der Waals surface area contributed by atoms with E-state index in [9.17, 15) is 10.1 Å². The Morgan fingerprint density at radius 3 is 2.69 bits per heavy atom. The summed E-state index contributed by atoms with van der Waals surface area (Å²) in [7, 11) is 0. The number of aryl methyl sites for hydroxylation is 1. The molecule has 0 saturated heterocycles. The predicted molar refractivity (Wildman–Crippen MR) is 114 cm³/mol. The summed E-state index contributed by atoms with van der Waals surface area (Å²) in [5.41, 5.74) is 9.43. The van der Waals surface area contributed by atoms with Crippen molar-refractivity contribution < 1.29 is 4.79 Å². The fourth-order valence-corrected chi connectivity index (χ4v) is 3.53. The van der Waals surface area contributed by atoms with Crippen LogP contribution in [0, 0.1) is 11.3 Å². The number of nitriles is 1. The van der Waals surface area contributed by atoms with Crippen LogP contribution >= 0.6 is 0 Å². The first-order valence-electron chi connectivity index (χ1n) is 10.2. The van der Waals surface area contributed by atoms with Crippen LogP contribution in [-0.4, -0.2) is 28.9 Å². The molecule has 7 nitrogen and oxygen atoms in total. The minimum atomic E-state index is -0.156. The maximum absolute atomic E-state index is 11.9. The van der Waals surface area contributed by atoms with Gasteiger partial charge in [-0.25, -0.2) is 9.48 Å². The van der Waals surface area contributed by atoms with Crippen LogP contribution in [-0.2, 0) is 6.42 Å². The highest BCUT2D eigenvalue weighted by Crippen LogP contribution is 2.21. The first kappa shape index (κ1) is 20.5. The van der Waals surface area contributed by atoms with Gasteiger partial charge in [0.25, 0.3) is 0 Å². The Balaban J connectivity index is 1.44. The molecule has 0 atom stereocenters. The van der Waals surface area contributed by atoms with E-state index in [1.54, 1.807) is 4.68 Å². The van der Waals surface area contributed by atoms with E-state index in [2.05, 4.69) is 27.9 Å². The summed E-state index contributed by atoms with van der Waals surface area (Å²) in [4.78, 5) is 11.9. The summed E-state index contributed by atoms with van der Waals surface area (Å²) < 4.78 is 1.59. The highest BCUT2D eigenvalue weighted by Gasteiger charge is 2.16. The summed E-state index contributed by atoms with van der Waals surface area (Å²) >= 11 is 0. The van der Waals surface area contributed by atoms with Crippen molar-refractivity contribution >= 4 is 11.8 Å². The third-order valence-electron chi connectivity index (χ3n) is 5.10. The predicted octanol–water partition coefficient (Wildman–Crippen LogP) is 3.45. The van der Waals surface area contributed by atoms with Crippen molar-refractivity contribution in [2.24, 2.45) is 0 Å². The summed E-state index contributed by atoms with van der Waals surface area (Å²) in [6.45, 7) is 1.17. The third-order valence-corrected chi connectivity index (χ3v) is 5.10. The number of nitrogens with two attached hydrogens (primary N) is 1. The molecule has 0 fully saturated rings. The van der Waals surface area contributed by atoms with Crippen molar-refractivity contribution in [2.75, 3.05) is 18.8 Å². The Morgan fingerprint density at radius 2 is 1.97 bits per heavy atom. The molecule has 0 radical (unpaired) electrons. The van der Waals surface area contributed by atoms with Crippen LogP contribution < -0.4 is 16.4 Å². The maximum Gasteiger partial charge on any atom is 0.314 e. The van der Waals surface area contributed by atoms with Crippen molar-refractivity contribution in [3.8, 4) is 11.8 Å². The number of carbonyl (C=O) groups excluding carboxylic acids is 1. The molecule has 1 aromatic heterocycles. The van der Waals surface area contributed by atoms with Crippen molar-refractivity contribution in [1.29, 1.82) is 5.26 Å². The van der Waals surface area contributed by atoms with Gasteiger partial charge in [-0.3, -0.25) is 0 Å². The molecule has 3 rings (SSSR count). The van der Waals surface area contributed by atoms with E-state index in [1.807, 2.05) is 30.3 Å². The first-order valence-corrected chi connectivity index (χ1v) is 10.2. The zero-order valence-electron chi connectivity index (χ0n) is 16.7. The van der Waals surface area contributed by atoms with Gasteiger partial charge in [-0.1, -0.05) is 29.8 Å². The van der Waals surface area contributed by atoms with Gasteiger partial charge in [0.15, 0.2) is 0 Å². The average molecular weight is 393 g/mol. The number of urea groups is 1. The number of nitrogens with zero attached hydrogens (tertiary/aromatic N) is 3. The van der Waals surface area contributed by atoms with Crippen LogP contribution in [0.25, 0.3) is 5.69 Å². The molecule has 0 spiro atoms. The van der Waals surface area contributed by atoms with E-state index in [-0.39, 0.29) is 6.03 Å². The van der Waals surface area contributed by atoms with Crippen molar-refractivity contribution in [1.82, 2.24) is 20.4 Å². The number of anilines is 1. The number of aromatic nitrogens is 2. The molecule has 4 N–H and O–H groups in total. The van der Waals surface area contributed by atoms with Gasteiger partial charge in [0, 0.05) is 13.1 Å². The van der Waals surface area contributed by atoms with Crippen LogP contribution in [0.15, 0.2) is 42.0 Å². The van der Waals surface area contributed by atoms with Gasteiger partial charge >= 0.3 is 6.03 Å². The number of nitrogens with one attached hydrogen (secondary N) is 2. The Hall–Kier alpha value is -3.27. The van der Waals surface area contributed by atoms with Crippen molar-refractivity contribution in [3.05, 3.63) is 53.2 Å². The zero-order valence-corrected chi connectivity index (χ0v) is 16.7. The third kappa shape index (κ3) is 5.61. The Bertz CT molecular complexity index is 894. The fraction of sp³-hybridized carbons (Fsp3) is 0.409. The summed E-state index contributed by atoms with van der Waals surface area (Å²) in [6, 6.07) is 11.5. The number of nitrogen functional groups attached to an aromatic ring is 1. The number of para-hydroxylation sites is 1. The van der Waals surface area contributed by atoms with Gasteiger partial charge in [0.2, 0.25) is 0 Å². The van der Waals surface area contributed by atoms with Crippen molar-refractivity contribution in [3.63, 3.8) is 0 Å². The van der Waals surface area contributed by atoms with E-state index in [4.69, 9.17) is 5.73 Å². The number of carbonyl (C=O) groups is 1. The molecule has 1 heterocycles. The second-order valence-electron chi connectivity index (χ2n) is 7.21. The molecule has 1 aliphatic carbocycles. The largest absolute Gasteiger partial charge is 0.382 e. The van der Waals surface area contributed by atoms with E-state index in [1.165, 1.54) is 18.4 Å². The number of amides is 2. The first-order chi connectivity index (χ1) is 14.2. The molecular weight excluding hydrogens is 364 g/mol. The second kappa shape index (κ2) is 10.3. The SMILES string of the molecule is N#Cc1c(CCCNC(=O)NCCC2=CCCCC2)nn(-c2ccccc2)c1N.